The van der Waals surface area contributed by atoms with E-state index >= 15 is 0 Å². The van der Waals surface area contributed by atoms with Crippen LogP contribution in [0.1, 0.15) is 22.3 Å². The van der Waals surface area contributed by atoms with Gasteiger partial charge in [-0.1, -0.05) is 18.2 Å². The summed E-state index contributed by atoms with van der Waals surface area (Å²) in [6, 6.07) is 14.0. The summed E-state index contributed by atoms with van der Waals surface area (Å²) in [5.74, 6) is 0.731. The van der Waals surface area contributed by atoms with Gasteiger partial charge in [0.1, 0.15) is 5.75 Å². The van der Waals surface area contributed by atoms with Crippen molar-refractivity contribution >= 4 is 21.3 Å². The van der Waals surface area contributed by atoms with Crippen LogP contribution >= 0.6 is 0 Å². The summed E-state index contributed by atoms with van der Waals surface area (Å²) in [6.07, 6.45) is 3.99. The van der Waals surface area contributed by atoms with Crippen molar-refractivity contribution in [3.63, 3.8) is 0 Å². The maximum Gasteiger partial charge on any atom is 0.254 e. The van der Waals surface area contributed by atoms with Crippen molar-refractivity contribution in [2.24, 2.45) is 0 Å². The van der Waals surface area contributed by atoms with Gasteiger partial charge < -0.3 is 9.64 Å². The van der Waals surface area contributed by atoms with Crippen LogP contribution < -0.4 is 4.74 Å². The van der Waals surface area contributed by atoms with E-state index in [1.54, 1.807) is 24.1 Å². The van der Waals surface area contributed by atoms with E-state index in [2.05, 4.69) is 6.08 Å². The largest absolute Gasteiger partial charge is 0.497 e. The monoisotopic (exact) mass is 371 g/mol. The van der Waals surface area contributed by atoms with Crippen molar-refractivity contribution in [2.75, 3.05) is 26.5 Å². The predicted molar refractivity (Wildman–Crippen MR) is 101 cm³/mol. The average Bonchev–Trinajstić information content (AvgIpc) is 2.67. The summed E-state index contributed by atoms with van der Waals surface area (Å²) in [5.41, 5.74) is 2.85. The van der Waals surface area contributed by atoms with Crippen molar-refractivity contribution < 1.29 is 17.9 Å². The molecule has 3 rings (SSSR count). The molecule has 26 heavy (non-hydrogen) atoms. The van der Waals surface area contributed by atoms with Crippen LogP contribution in [0.2, 0.25) is 0 Å². The molecule has 0 atom stereocenters. The maximum atomic E-state index is 12.6. The Labute approximate surface area is 153 Å². The number of hydrogen-bond donors (Lipinski definition) is 0. The van der Waals surface area contributed by atoms with Crippen LogP contribution in [0.15, 0.2) is 59.5 Å². The molecule has 0 spiro atoms. The van der Waals surface area contributed by atoms with E-state index in [1.807, 2.05) is 24.3 Å². The van der Waals surface area contributed by atoms with Gasteiger partial charge in [0.05, 0.1) is 12.0 Å². The zero-order chi connectivity index (χ0) is 18.7. The van der Waals surface area contributed by atoms with Gasteiger partial charge in [0.25, 0.3) is 5.91 Å². The minimum absolute atomic E-state index is 0.0879. The van der Waals surface area contributed by atoms with Crippen molar-refractivity contribution in [1.82, 2.24) is 4.90 Å². The third-order valence-electron chi connectivity index (χ3n) is 4.49. The van der Waals surface area contributed by atoms with Crippen molar-refractivity contribution in [1.29, 1.82) is 0 Å². The number of sulfone groups is 1. The normalized spacial score (nSPS) is 14.7. The molecular weight excluding hydrogens is 350 g/mol. The van der Waals surface area contributed by atoms with Gasteiger partial charge in [-0.2, -0.15) is 0 Å². The lowest BCUT2D eigenvalue weighted by Crippen LogP contribution is -2.34. The van der Waals surface area contributed by atoms with Gasteiger partial charge in [0, 0.05) is 24.9 Å². The highest BCUT2D eigenvalue weighted by atomic mass is 32.2. The van der Waals surface area contributed by atoms with Gasteiger partial charge >= 0.3 is 0 Å². The van der Waals surface area contributed by atoms with Gasteiger partial charge in [0.15, 0.2) is 9.84 Å². The maximum absolute atomic E-state index is 12.6. The number of ether oxygens (including phenoxy) is 1. The molecule has 1 amide bonds. The summed E-state index contributed by atoms with van der Waals surface area (Å²) >= 11 is 0. The number of amides is 1. The molecule has 0 unspecified atom stereocenters. The molecular formula is C20H21NO4S. The highest BCUT2D eigenvalue weighted by Crippen LogP contribution is 2.25. The third kappa shape index (κ3) is 3.96. The van der Waals surface area contributed by atoms with E-state index < -0.39 is 9.84 Å². The number of rotatable bonds is 4. The van der Waals surface area contributed by atoms with Crippen molar-refractivity contribution in [3.8, 4) is 5.75 Å². The first-order chi connectivity index (χ1) is 12.4. The molecule has 1 aliphatic rings. The van der Waals surface area contributed by atoms with Crippen LogP contribution in [0, 0.1) is 0 Å². The van der Waals surface area contributed by atoms with E-state index in [0.717, 1.165) is 24.0 Å². The van der Waals surface area contributed by atoms with E-state index in [0.29, 0.717) is 18.7 Å². The second kappa shape index (κ2) is 7.33. The first kappa shape index (κ1) is 18.2. The van der Waals surface area contributed by atoms with Crippen molar-refractivity contribution in [2.45, 2.75) is 11.3 Å². The standard InChI is InChI=1S/C20H21NO4S/c1-25-18-7-3-15(4-8-18)16-11-13-21(14-12-16)20(22)17-5-9-19(10-6-17)26(2,23)24/h3-11H,12-14H2,1-2H3. The fourth-order valence-electron chi connectivity index (χ4n) is 2.95. The molecule has 1 aliphatic heterocycles. The first-order valence-electron chi connectivity index (χ1n) is 8.31. The Balaban J connectivity index is 1.70. The predicted octanol–water partition coefficient (Wildman–Crippen LogP) is 3.03. The van der Waals surface area contributed by atoms with Crippen LogP contribution in [0.5, 0.6) is 5.75 Å². The molecule has 5 nitrogen and oxygen atoms in total. The Morgan fingerprint density at radius 3 is 2.19 bits per heavy atom. The summed E-state index contributed by atoms with van der Waals surface area (Å²) in [4.78, 5) is 14.6. The number of carbonyl (C=O) groups is 1. The molecule has 0 N–H and O–H groups in total. The Hall–Kier alpha value is -2.60. The lowest BCUT2D eigenvalue weighted by atomic mass is 9.99. The molecule has 0 aliphatic carbocycles. The van der Waals surface area contributed by atoms with Gasteiger partial charge in [-0.15, -0.1) is 0 Å². The van der Waals surface area contributed by atoms with Gasteiger partial charge in [-0.3, -0.25) is 4.79 Å². The van der Waals surface area contributed by atoms with Gasteiger partial charge in [-0.25, -0.2) is 8.42 Å². The van der Waals surface area contributed by atoms with Crippen LogP contribution in [-0.4, -0.2) is 45.7 Å². The molecule has 0 fully saturated rings. The number of nitrogens with zero attached hydrogens (tertiary/aromatic N) is 1. The van der Waals surface area contributed by atoms with Crippen LogP contribution in [0.25, 0.3) is 5.57 Å². The average molecular weight is 371 g/mol. The van der Waals surface area contributed by atoms with Crippen LogP contribution in [0.3, 0.4) is 0 Å². The fraction of sp³-hybridized carbons (Fsp3) is 0.250. The van der Waals surface area contributed by atoms with E-state index in [-0.39, 0.29) is 10.8 Å². The molecule has 0 bridgehead atoms. The fourth-order valence-corrected chi connectivity index (χ4v) is 3.58. The highest BCUT2D eigenvalue weighted by molar-refractivity contribution is 7.90. The smallest absolute Gasteiger partial charge is 0.254 e. The van der Waals surface area contributed by atoms with Crippen LogP contribution in [0.4, 0.5) is 0 Å². The number of carbonyl (C=O) groups excluding carboxylic acids is 1. The van der Waals surface area contributed by atoms with E-state index in [1.165, 1.54) is 17.7 Å². The topological polar surface area (TPSA) is 63.7 Å². The molecule has 2 aromatic rings. The third-order valence-corrected chi connectivity index (χ3v) is 5.62. The Morgan fingerprint density at radius 2 is 1.69 bits per heavy atom. The highest BCUT2D eigenvalue weighted by Gasteiger charge is 2.20. The summed E-state index contributed by atoms with van der Waals surface area (Å²) < 4.78 is 28.2. The second-order valence-corrected chi connectivity index (χ2v) is 8.27. The molecule has 0 radical (unpaired) electrons. The zero-order valence-electron chi connectivity index (χ0n) is 14.8. The lowest BCUT2D eigenvalue weighted by Gasteiger charge is -2.27. The molecule has 1 heterocycles. The summed E-state index contributed by atoms with van der Waals surface area (Å²) in [7, 11) is -1.62. The van der Waals surface area contributed by atoms with E-state index in [4.69, 9.17) is 4.74 Å². The zero-order valence-corrected chi connectivity index (χ0v) is 15.6. The SMILES string of the molecule is COc1ccc(C2=CCN(C(=O)c3ccc(S(C)(=O)=O)cc3)CC2)cc1. The summed E-state index contributed by atoms with van der Waals surface area (Å²) in [6.45, 7) is 1.17. The molecule has 0 aromatic heterocycles. The molecule has 0 saturated heterocycles. The number of methoxy groups -OCH3 is 1. The quantitative estimate of drug-likeness (QED) is 0.829. The Morgan fingerprint density at radius 1 is 1.04 bits per heavy atom. The van der Waals surface area contributed by atoms with E-state index in [9.17, 15) is 13.2 Å². The molecule has 0 saturated carbocycles. The molecule has 136 valence electrons. The molecule has 2 aromatic carbocycles. The first-order valence-corrected chi connectivity index (χ1v) is 10.2. The molecule has 6 heteroatoms. The number of hydrogen-bond acceptors (Lipinski definition) is 4. The lowest BCUT2D eigenvalue weighted by molar-refractivity contribution is 0.0773. The minimum Gasteiger partial charge on any atom is -0.497 e. The summed E-state index contributed by atoms with van der Waals surface area (Å²) in [5, 5.41) is 0. The van der Waals surface area contributed by atoms with Gasteiger partial charge in [0.2, 0.25) is 0 Å². The second-order valence-electron chi connectivity index (χ2n) is 6.26. The van der Waals surface area contributed by atoms with Crippen LogP contribution in [-0.2, 0) is 9.84 Å². The number of benzene rings is 2. The minimum atomic E-state index is -3.26. The Kier molecular flexibility index (Phi) is 5.13. The Bertz CT molecular complexity index is 929. The van der Waals surface area contributed by atoms with Gasteiger partial charge in [-0.05, 0) is 54.0 Å². The van der Waals surface area contributed by atoms with Crippen molar-refractivity contribution in [3.05, 3.63) is 65.7 Å².